The van der Waals surface area contributed by atoms with Gasteiger partial charge in [0.1, 0.15) is 18.2 Å². The molecule has 0 saturated carbocycles. The number of halogens is 2. The lowest BCUT2D eigenvalue weighted by molar-refractivity contribution is -0.122. The van der Waals surface area contributed by atoms with Gasteiger partial charge < -0.3 is 10.1 Å². The number of anilines is 1. The minimum absolute atomic E-state index is 0.117. The molecule has 1 aromatic heterocycles. The van der Waals surface area contributed by atoms with E-state index in [-0.39, 0.29) is 35.2 Å². The molecule has 202 valence electrons. The van der Waals surface area contributed by atoms with Crippen LogP contribution in [0.4, 0.5) is 10.2 Å². The summed E-state index contributed by atoms with van der Waals surface area (Å²) >= 11 is 7.75. The first-order valence-electron chi connectivity index (χ1n) is 12.4. The van der Waals surface area contributed by atoms with E-state index in [2.05, 4.69) is 5.32 Å². The van der Waals surface area contributed by atoms with Crippen LogP contribution in [0.15, 0.2) is 48.5 Å². The van der Waals surface area contributed by atoms with E-state index in [0.717, 1.165) is 16.8 Å². The summed E-state index contributed by atoms with van der Waals surface area (Å²) in [6.07, 6.45) is 0.660. The van der Waals surface area contributed by atoms with Gasteiger partial charge in [0, 0.05) is 36.3 Å². The van der Waals surface area contributed by atoms with Gasteiger partial charge in [-0.3, -0.25) is 14.5 Å². The van der Waals surface area contributed by atoms with Crippen LogP contribution in [-0.2, 0) is 19.7 Å². The van der Waals surface area contributed by atoms with Gasteiger partial charge in [-0.15, -0.1) is 11.8 Å². The van der Waals surface area contributed by atoms with E-state index in [1.807, 2.05) is 39.0 Å². The summed E-state index contributed by atoms with van der Waals surface area (Å²) in [5.74, 6) is -0.261. The Hall–Kier alpha value is -2.88. The van der Waals surface area contributed by atoms with Gasteiger partial charge >= 0.3 is 0 Å². The zero-order valence-corrected chi connectivity index (χ0v) is 23.5. The molecule has 3 aromatic rings. The van der Waals surface area contributed by atoms with E-state index < -0.39 is 5.41 Å². The van der Waals surface area contributed by atoms with E-state index in [9.17, 15) is 14.0 Å². The number of carbonyl (C=O) groups is 2. The van der Waals surface area contributed by atoms with Gasteiger partial charge in [0.25, 0.3) is 0 Å². The van der Waals surface area contributed by atoms with Crippen LogP contribution in [-0.4, -0.2) is 54.2 Å². The van der Waals surface area contributed by atoms with Gasteiger partial charge in [0.2, 0.25) is 11.8 Å². The normalized spacial score (nSPS) is 15.8. The SMILES string of the molecule is COCCCNC(=O)CN1C(=O)CS[C@H](c2cccc(F)c2)c2c(C(C)(C)C)nn(-c3cccc(Cl)c3)c21. The number of methoxy groups -OCH3 is 1. The number of nitrogens with zero attached hydrogens (tertiary/aromatic N) is 3. The molecule has 0 bridgehead atoms. The lowest BCUT2D eigenvalue weighted by atomic mass is 9.87. The second kappa shape index (κ2) is 11.9. The molecule has 0 spiro atoms. The third-order valence-corrected chi connectivity index (χ3v) is 7.64. The maximum Gasteiger partial charge on any atom is 0.240 e. The van der Waals surface area contributed by atoms with Gasteiger partial charge in [-0.1, -0.05) is 50.6 Å². The van der Waals surface area contributed by atoms with Crippen molar-refractivity contribution in [3.8, 4) is 5.69 Å². The number of hydrogen-bond donors (Lipinski definition) is 1. The highest BCUT2D eigenvalue weighted by molar-refractivity contribution is 8.00. The van der Waals surface area contributed by atoms with Crippen LogP contribution < -0.4 is 10.2 Å². The summed E-state index contributed by atoms with van der Waals surface area (Å²) in [6.45, 7) is 6.92. The molecule has 1 aliphatic heterocycles. The fourth-order valence-electron chi connectivity index (χ4n) is 4.44. The Morgan fingerprint density at radius 3 is 2.68 bits per heavy atom. The van der Waals surface area contributed by atoms with Gasteiger partial charge in [0.15, 0.2) is 0 Å². The molecule has 0 saturated heterocycles. The van der Waals surface area contributed by atoms with Crippen LogP contribution in [0.25, 0.3) is 5.69 Å². The van der Waals surface area contributed by atoms with Crippen molar-refractivity contribution in [2.45, 2.75) is 37.9 Å². The van der Waals surface area contributed by atoms with Crippen LogP contribution in [0, 0.1) is 5.82 Å². The van der Waals surface area contributed by atoms with Crippen molar-refractivity contribution in [1.29, 1.82) is 0 Å². The Balaban J connectivity index is 1.91. The molecule has 0 fully saturated rings. The van der Waals surface area contributed by atoms with Crippen molar-refractivity contribution in [1.82, 2.24) is 15.1 Å². The van der Waals surface area contributed by atoms with Crippen LogP contribution in [0.1, 0.15) is 49.3 Å². The number of carbonyl (C=O) groups excluding carboxylic acids is 2. The lowest BCUT2D eigenvalue weighted by Crippen LogP contribution is -2.42. The van der Waals surface area contributed by atoms with Crippen LogP contribution >= 0.6 is 23.4 Å². The summed E-state index contributed by atoms with van der Waals surface area (Å²) < 4.78 is 21.1. The number of thioether (sulfide) groups is 1. The Kier molecular flexibility index (Phi) is 8.80. The van der Waals surface area contributed by atoms with Crippen molar-refractivity contribution >= 4 is 41.0 Å². The highest BCUT2D eigenvalue weighted by atomic mass is 35.5. The van der Waals surface area contributed by atoms with Gasteiger partial charge in [-0.2, -0.15) is 5.10 Å². The molecule has 2 amide bonds. The molecule has 1 aliphatic rings. The third-order valence-electron chi connectivity index (χ3n) is 6.15. The largest absolute Gasteiger partial charge is 0.385 e. The van der Waals surface area contributed by atoms with Crippen molar-refractivity contribution in [2.24, 2.45) is 0 Å². The fourth-order valence-corrected chi connectivity index (χ4v) is 5.81. The zero-order chi connectivity index (χ0) is 27.4. The van der Waals surface area contributed by atoms with Crippen molar-refractivity contribution < 1.29 is 18.7 Å². The quantitative estimate of drug-likeness (QED) is 0.380. The zero-order valence-electron chi connectivity index (χ0n) is 22.0. The molecule has 38 heavy (non-hydrogen) atoms. The molecular weight excluding hydrogens is 527 g/mol. The van der Waals surface area contributed by atoms with E-state index >= 15 is 0 Å². The smallest absolute Gasteiger partial charge is 0.240 e. The topological polar surface area (TPSA) is 76.5 Å². The molecule has 2 heterocycles. The second-order valence-electron chi connectivity index (χ2n) is 10.1. The predicted molar refractivity (Wildman–Crippen MR) is 150 cm³/mol. The van der Waals surface area contributed by atoms with Crippen molar-refractivity contribution in [3.63, 3.8) is 0 Å². The Bertz CT molecular complexity index is 1320. The van der Waals surface area contributed by atoms with E-state index in [4.69, 9.17) is 21.4 Å². The van der Waals surface area contributed by atoms with E-state index in [0.29, 0.717) is 36.1 Å². The standard InChI is InChI=1S/C28H32ClFN4O3S/c1-28(2,3)26-24-25(18-8-5-10-20(30)14-18)38-17-23(36)33(16-22(35)31-12-7-13-37-4)27(24)34(32-26)21-11-6-9-19(29)15-21/h5-6,8-11,14-15,25H,7,12-13,16-17H2,1-4H3,(H,31,35)/t25-/m1/s1. The highest BCUT2D eigenvalue weighted by Crippen LogP contribution is 2.48. The number of rotatable bonds is 8. The number of nitrogens with one attached hydrogen (secondary N) is 1. The minimum Gasteiger partial charge on any atom is -0.385 e. The fraction of sp³-hybridized carbons (Fsp3) is 0.393. The van der Waals surface area contributed by atoms with E-state index in [1.165, 1.54) is 28.8 Å². The predicted octanol–water partition coefficient (Wildman–Crippen LogP) is 5.28. The van der Waals surface area contributed by atoms with Crippen LogP contribution in [0.3, 0.4) is 0 Å². The number of fused-ring (bicyclic) bond motifs is 1. The minimum atomic E-state index is -0.415. The molecule has 0 radical (unpaired) electrons. The Morgan fingerprint density at radius 1 is 1.24 bits per heavy atom. The number of ether oxygens (including phenoxy) is 1. The summed E-state index contributed by atoms with van der Waals surface area (Å²) in [7, 11) is 1.61. The van der Waals surface area contributed by atoms with Crippen LogP contribution in [0.2, 0.25) is 5.02 Å². The average Bonchev–Trinajstić information content (AvgIpc) is 3.20. The van der Waals surface area contributed by atoms with Gasteiger partial charge in [-0.25, -0.2) is 9.07 Å². The summed E-state index contributed by atoms with van der Waals surface area (Å²) in [4.78, 5) is 28.1. The molecule has 7 nitrogen and oxygen atoms in total. The number of benzene rings is 2. The first kappa shape index (κ1) is 28.1. The monoisotopic (exact) mass is 558 g/mol. The maximum atomic E-state index is 14.4. The summed E-state index contributed by atoms with van der Waals surface area (Å²) in [5, 5.41) is 8.02. The second-order valence-corrected chi connectivity index (χ2v) is 11.7. The maximum absolute atomic E-state index is 14.4. The van der Waals surface area contributed by atoms with Crippen molar-refractivity contribution in [2.75, 3.05) is 37.5 Å². The molecule has 10 heteroatoms. The molecule has 2 aromatic carbocycles. The molecule has 1 atom stereocenters. The molecule has 0 aliphatic carbocycles. The van der Waals surface area contributed by atoms with Gasteiger partial charge in [-0.05, 0) is 42.3 Å². The molecule has 0 unspecified atom stereocenters. The number of hydrogen-bond acceptors (Lipinski definition) is 5. The Morgan fingerprint density at radius 2 is 2.00 bits per heavy atom. The van der Waals surface area contributed by atoms with Gasteiger partial charge in [0.05, 0.1) is 22.4 Å². The molecule has 1 N–H and O–H groups in total. The first-order valence-corrected chi connectivity index (χ1v) is 13.8. The molecular formula is C28H32ClFN4O3S. The third kappa shape index (κ3) is 6.22. The highest BCUT2D eigenvalue weighted by Gasteiger charge is 2.40. The lowest BCUT2D eigenvalue weighted by Gasteiger charge is -2.24. The van der Waals surface area contributed by atoms with Crippen molar-refractivity contribution in [3.05, 3.63) is 76.2 Å². The Labute approximate surface area is 231 Å². The molecule has 4 rings (SSSR count). The average molecular weight is 559 g/mol. The van der Waals surface area contributed by atoms with Crippen LogP contribution in [0.5, 0.6) is 0 Å². The van der Waals surface area contributed by atoms with E-state index in [1.54, 1.807) is 30.0 Å². The summed E-state index contributed by atoms with van der Waals surface area (Å²) in [6, 6.07) is 13.6. The number of aromatic nitrogens is 2. The summed E-state index contributed by atoms with van der Waals surface area (Å²) in [5.41, 5.74) is 2.51. The number of amides is 2. The first-order chi connectivity index (χ1) is 18.1.